The zero-order valence-corrected chi connectivity index (χ0v) is 12.4. The third kappa shape index (κ3) is 2.51. The number of rotatable bonds is 3. The van der Waals surface area contributed by atoms with E-state index in [0.29, 0.717) is 0 Å². The fraction of sp³-hybridized carbons (Fsp3) is 0.462. The molecule has 2 unspecified atom stereocenters. The van der Waals surface area contributed by atoms with Crippen molar-refractivity contribution in [1.29, 1.82) is 0 Å². The van der Waals surface area contributed by atoms with Gasteiger partial charge in [0.25, 0.3) is 0 Å². The van der Waals surface area contributed by atoms with Crippen LogP contribution < -0.4 is 4.74 Å². The maximum atomic E-state index is 12.4. The minimum atomic E-state index is -3.69. The van der Waals surface area contributed by atoms with Crippen LogP contribution in [0, 0.1) is 15.5 Å². The first kappa shape index (κ1) is 15.4. The third-order valence-electron chi connectivity index (χ3n) is 4.01. The molecule has 0 aliphatic carbocycles. The monoisotopic (exact) mass is 313 g/mol. The quantitative estimate of drug-likeness (QED) is 0.358. The number of hydrogen-bond donors (Lipinski definition) is 0. The molecular formula is C13H15NO6S. The Morgan fingerprint density at radius 3 is 2.33 bits per heavy atom. The summed E-state index contributed by atoms with van der Waals surface area (Å²) in [5.41, 5.74) is -3.64. The SMILES string of the molecule is CC1(C(=O)Oc2ccccc2)CS(=O)(=O)CC1(C)[N+](=O)[O-]. The van der Waals surface area contributed by atoms with Gasteiger partial charge in [0.1, 0.15) is 16.9 Å². The van der Waals surface area contributed by atoms with Crippen LogP contribution >= 0.6 is 0 Å². The first-order valence-corrected chi connectivity index (χ1v) is 8.05. The van der Waals surface area contributed by atoms with Crippen LogP contribution in [0.3, 0.4) is 0 Å². The molecule has 21 heavy (non-hydrogen) atoms. The summed E-state index contributed by atoms with van der Waals surface area (Å²) >= 11 is 0. The van der Waals surface area contributed by atoms with Gasteiger partial charge in [0.2, 0.25) is 5.54 Å². The Morgan fingerprint density at radius 2 is 1.81 bits per heavy atom. The van der Waals surface area contributed by atoms with Gasteiger partial charge in [0.15, 0.2) is 9.84 Å². The van der Waals surface area contributed by atoms with E-state index in [9.17, 15) is 23.3 Å². The molecule has 0 aromatic heterocycles. The highest BCUT2D eigenvalue weighted by Gasteiger charge is 2.69. The van der Waals surface area contributed by atoms with E-state index in [1.807, 2.05) is 0 Å². The molecule has 1 aromatic rings. The molecule has 1 fully saturated rings. The number of nitro groups is 1. The van der Waals surface area contributed by atoms with Crippen LogP contribution in [0.25, 0.3) is 0 Å². The molecular weight excluding hydrogens is 298 g/mol. The number of carbonyl (C=O) groups is 1. The van der Waals surface area contributed by atoms with Crippen molar-refractivity contribution >= 4 is 15.8 Å². The summed E-state index contributed by atoms with van der Waals surface area (Å²) in [6.45, 7) is 2.44. The highest BCUT2D eigenvalue weighted by atomic mass is 32.2. The van der Waals surface area contributed by atoms with Gasteiger partial charge in [0.05, 0.1) is 5.75 Å². The van der Waals surface area contributed by atoms with Crippen molar-refractivity contribution in [1.82, 2.24) is 0 Å². The standard InChI is InChI=1S/C13H15NO6S/c1-12(11(15)20-10-6-4-3-5-7-10)8-21(18,19)9-13(12,2)14(16)17/h3-7H,8-9H2,1-2H3. The number of nitrogens with zero attached hydrogens (tertiary/aromatic N) is 1. The van der Waals surface area contributed by atoms with Gasteiger partial charge in [-0.25, -0.2) is 8.42 Å². The van der Waals surface area contributed by atoms with Crippen LogP contribution in [-0.2, 0) is 14.6 Å². The Labute approximate surface area is 122 Å². The summed E-state index contributed by atoms with van der Waals surface area (Å²) in [6, 6.07) is 8.05. The predicted molar refractivity (Wildman–Crippen MR) is 74.2 cm³/mol. The Balaban J connectivity index is 2.39. The topological polar surface area (TPSA) is 104 Å². The highest BCUT2D eigenvalue weighted by Crippen LogP contribution is 2.44. The minimum absolute atomic E-state index is 0.221. The van der Waals surface area contributed by atoms with Gasteiger partial charge in [0, 0.05) is 11.8 Å². The van der Waals surface area contributed by atoms with Gasteiger partial charge in [-0.15, -0.1) is 0 Å². The summed E-state index contributed by atoms with van der Waals surface area (Å²) in [6.07, 6.45) is 0. The van der Waals surface area contributed by atoms with Crippen molar-refractivity contribution in [3.8, 4) is 5.75 Å². The molecule has 1 aliphatic rings. The molecule has 2 rings (SSSR count). The first-order chi connectivity index (χ1) is 9.61. The van der Waals surface area contributed by atoms with Crippen molar-refractivity contribution in [2.75, 3.05) is 11.5 Å². The predicted octanol–water partition coefficient (Wildman–Crippen LogP) is 1.06. The van der Waals surface area contributed by atoms with Crippen LogP contribution in [0.2, 0.25) is 0 Å². The Kier molecular flexibility index (Phi) is 3.53. The van der Waals surface area contributed by atoms with Crippen molar-refractivity contribution in [2.24, 2.45) is 5.41 Å². The lowest BCUT2D eigenvalue weighted by atomic mass is 9.75. The van der Waals surface area contributed by atoms with Crippen LogP contribution in [0.1, 0.15) is 13.8 Å². The van der Waals surface area contributed by atoms with Crippen molar-refractivity contribution in [3.05, 3.63) is 40.4 Å². The molecule has 0 spiro atoms. The first-order valence-electron chi connectivity index (χ1n) is 6.23. The van der Waals surface area contributed by atoms with E-state index >= 15 is 0 Å². The maximum Gasteiger partial charge on any atom is 0.325 e. The molecule has 1 aromatic carbocycles. The van der Waals surface area contributed by atoms with E-state index in [1.165, 1.54) is 26.0 Å². The Morgan fingerprint density at radius 1 is 1.24 bits per heavy atom. The molecule has 114 valence electrons. The highest BCUT2D eigenvalue weighted by molar-refractivity contribution is 7.91. The van der Waals surface area contributed by atoms with Crippen molar-refractivity contribution < 1.29 is 22.9 Å². The zero-order valence-electron chi connectivity index (χ0n) is 11.6. The van der Waals surface area contributed by atoms with Gasteiger partial charge >= 0.3 is 5.97 Å². The Hall–Kier alpha value is -1.96. The van der Waals surface area contributed by atoms with E-state index in [0.717, 1.165) is 0 Å². The molecule has 1 aliphatic heterocycles. The lowest BCUT2D eigenvalue weighted by molar-refractivity contribution is -0.573. The Bertz CT molecular complexity index is 686. The summed E-state index contributed by atoms with van der Waals surface area (Å²) in [5, 5.41) is 11.3. The number of para-hydroxylation sites is 1. The lowest BCUT2D eigenvalue weighted by Crippen LogP contribution is -2.55. The molecule has 0 saturated carbocycles. The molecule has 7 nitrogen and oxygen atoms in total. The van der Waals surface area contributed by atoms with Gasteiger partial charge in [-0.2, -0.15) is 0 Å². The van der Waals surface area contributed by atoms with E-state index in [4.69, 9.17) is 4.74 Å². The van der Waals surface area contributed by atoms with Crippen LogP contribution in [0.4, 0.5) is 0 Å². The second-order valence-corrected chi connectivity index (χ2v) is 7.66. The van der Waals surface area contributed by atoms with Gasteiger partial charge in [-0.1, -0.05) is 18.2 Å². The van der Waals surface area contributed by atoms with E-state index in [-0.39, 0.29) is 5.75 Å². The number of ether oxygens (including phenoxy) is 1. The molecule has 0 amide bonds. The van der Waals surface area contributed by atoms with Crippen molar-refractivity contribution in [3.63, 3.8) is 0 Å². The zero-order chi connectivity index (χ0) is 15.9. The summed E-state index contributed by atoms with van der Waals surface area (Å²) < 4.78 is 28.8. The molecule has 0 N–H and O–H groups in total. The summed E-state index contributed by atoms with van der Waals surface area (Å²) in [4.78, 5) is 23.0. The summed E-state index contributed by atoms with van der Waals surface area (Å²) in [7, 11) is -3.69. The molecule has 8 heteroatoms. The van der Waals surface area contributed by atoms with E-state index in [2.05, 4.69) is 0 Å². The third-order valence-corrected chi connectivity index (χ3v) is 6.02. The number of benzene rings is 1. The van der Waals surface area contributed by atoms with Crippen LogP contribution in [0.15, 0.2) is 30.3 Å². The molecule has 0 radical (unpaired) electrons. The average Bonchev–Trinajstić information content (AvgIpc) is 2.58. The molecule has 1 saturated heterocycles. The van der Waals surface area contributed by atoms with Crippen LogP contribution in [-0.4, -0.2) is 36.4 Å². The average molecular weight is 313 g/mol. The normalized spacial score (nSPS) is 30.8. The van der Waals surface area contributed by atoms with E-state index in [1.54, 1.807) is 18.2 Å². The smallest absolute Gasteiger partial charge is 0.325 e. The fourth-order valence-electron chi connectivity index (χ4n) is 2.48. The fourth-order valence-corrected chi connectivity index (χ4v) is 5.17. The number of hydrogen-bond acceptors (Lipinski definition) is 6. The second-order valence-electron chi connectivity index (χ2n) is 5.60. The van der Waals surface area contributed by atoms with E-state index < -0.39 is 43.2 Å². The molecule has 1 heterocycles. The number of sulfone groups is 1. The maximum absolute atomic E-state index is 12.4. The van der Waals surface area contributed by atoms with Crippen LogP contribution in [0.5, 0.6) is 5.75 Å². The summed E-state index contributed by atoms with van der Waals surface area (Å²) in [5.74, 6) is -1.95. The number of carbonyl (C=O) groups excluding carboxylic acids is 1. The van der Waals surface area contributed by atoms with Gasteiger partial charge in [-0.05, 0) is 19.1 Å². The second kappa shape index (κ2) is 4.80. The lowest BCUT2D eigenvalue weighted by Gasteiger charge is -2.29. The molecule has 2 atom stereocenters. The van der Waals surface area contributed by atoms with Crippen molar-refractivity contribution in [2.45, 2.75) is 19.4 Å². The number of esters is 1. The van der Waals surface area contributed by atoms with Gasteiger partial charge < -0.3 is 4.74 Å². The minimum Gasteiger partial charge on any atom is -0.426 e. The van der Waals surface area contributed by atoms with Gasteiger partial charge in [-0.3, -0.25) is 14.9 Å². The molecule has 0 bridgehead atoms. The largest absolute Gasteiger partial charge is 0.426 e.